The van der Waals surface area contributed by atoms with Crippen molar-refractivity contribution in [3.8, 4) is 0 Å². The van der Waals surface area contributed by atoms with Crippen molar-refractivity contribution in [3.05, 3.63) is 95.8 Å². The molecule has 1 heterocycles. The number of hydrogen-bond acceptors (Lipinski definition) is 3. The van der Waals surface area contributed by atoms with Gasteiger partial charge in [0.25, 0.3) is 0 Å². The van der Waals surface area contributed by atoms with Crippen LogP contribution in [0.25, 0.3) is 10.9 Å². The van der Waals surface area contributed by atoms with E-state index in [0.717, 1.165) is 28.8 Å². The van der Waals surface area contributed by atoms with Gasteiger partial charge in [-0.25, -0.2) is 9.97 Å². The highest BCUT2D eigenvalue weighted by molar-refractivity contribution is 5.91. The Morgan fingerprint density at radius 1 is 0.769 bits per heavy atom. The Balaban J connectivity index is 1.58. The Morgan fingerprint density at radius 2 is 1.42 bits per heavy atom. The van der Waals surface area contributed by atoms with Crippen molar-refractivity contribution < 1.29 is 0 Å². The molecule has 3 heteroatoms. The van der Waals surface area contributed by atoms with E-state index in [9.17, 15) is 0 Å². The van der Waals surface area contributed by atoms with E-state index < -0.39 is 0 Å². The van der Waals surface area contributed by atoms with E-state index >= 15 is 0 Å². The molecule has 0 aliphatic rings. The number of para-hydroxylation sites is 1. The summed E-state index contributed by atoms with van der Waals surface area (Å²) in [6.45, 7) is 2.12. The first-order valence-electron chi connectivity index (χ1n) is 8.79. The smallest absolute Gasteiger partial charge is 0.144 e. The van der Waals surface area contributed by atoms with Crippen LogP contribution in [0.3, 0.4) is 0 Å². The lowest BCUT2D eigenvalue weighted by atomic mass is 10.0. The molecular formula is C23H21N3. The maximum atomic E-state index is 4.50. The van der Waals surface area contributed by atoms with E-state index in [2.05, 4.69) is 76.4 Å². The Kier molecular flexibility index (Phi) is 4.36. The van der Waals surface area contributed by atoms with Gasteiger partial charge >= 0.3 is 0 Å². The zero-order valence-corrected chi connectivity index (χ0v) is 15.1. The van der Waals surface area contributed by atoms with Crippen molar-refractivity contribution in [1.82, 2.24) is 9.97 Å². The summed E-state index contributed by atoms with van der Waals surface area (Å²) in [6.07, 6.45) is 2.57. The summed E-state index contributed by atoms with van der Waals surface area (Å²) in [5.41, 5.74) is 6.00. The van der Waals surface area contributed by atoms with Gasteiger partial charge in [0.2, 0.25) is 0 Å². The van der Waals surface area contributed by atoms with Crippen LogP contribution in [0.15, 0.2) is 79.1 Å². The summed E-state index contributed by atoms with van der Waals surface area (Å²) in [7, 11) is 2.05. The highest BCUT2D eigenvalue weighted by Gasteiger charge is 2.10. The van der Waals surface area contributed by atoms with Crippen LogP contribution in [0.1, 0.15) is 16.7 Å². The van der Waals surface area contributed by atoms with E-state index in [0.29, 0.717) is 0 Å². The number of aromatic nitrogens is 2. The minimum Gasteiger partial charge on any atom is -0.329 e. The van der Waals surface area contributed by atoms with Crippen molar-refractivity contribution >= 4 is 22.4 Å². The third-order valence-electron chi connectivity index (χ3n) is 4.69. The predicted octanol–water partition coefficient (Wildman–Crippen LogP) is 5.30. The van der Waals surface area contributed by atoms with Crippen molar-refractivity contribution in [1.29, 1.82) is 0 Å². The number of aryl methyl sites for hydroxylation is 1. The molecule has 26 heavy (non-hydrogen) atoms. The Labute approximate surface area is 154 Å². The van der Waals surface area contributed by atoms with E-state index in [4.69, 9.17) is 0 Å². The lowest BCUT2D eigenvalue weighted by Crippen LogP contribution is -2.12. The molecule has 4 rings (SSSR count). The third kappa shape index (κ3) is 3.29. The quantitative estimate of drug-likeness (QED) is 0.505. The summed E-state index contributed by atoms with van der Waals surface area (Å²) in [6, 6.07) is 25.5. The minimum atomic E-state index is 0.918. The third-order valence-corrected chi connectivity index (χ3v) is 4.69. The average Bonchev–Trinajstić information content (AvgIpc) is 2.69. The first kappa shape index (κ1) is 16.3. The fourth-order valence-electron chi connectivity index (χ4n) is 3.16. The number of anilines is 2. The molecule has 0 fully saturated rings. The molecule has 0 saturated carbocycles. The van der Waals surface area contributed by atoms with E-state index in [-0.39, 0.29) is 0 Å². The lowest BCUT2D eigenvalue weighted by molar-refractivity contribution is 1.10. The fourth-order valence-corrected chi connectivity index (χ4v) is 3.16. The first-order valence-corrected chi connectivity index (χ1v) is 8.79. The van der Waals surface area contributed by atoms with Gasteiger partial charge < -0.3 is 4.90 Å². The monoisotopic (exact) mass is 339 g/mol. The van der Waals surface area contributed by atoms with Gasteiger partial charge in [0.15, 0.2) is 0 Å². The Morgan fingerprint density at radius 3 is 2.15 bits per heavy atom. The Hall–Kier alpha value is -3.20. The molecule has 3 aromatic carbocycles. The Bertz CT molecular complexity index is 1020. The van der Waals surface area contributed by atoms with Crippen molar-refractivity contribution in [3.63, 3.8) is 0 Å². The van der Waals surface area contributed by atoms with Gasteiger partial charge in [-0.15, -0.1) is 0 Å². The molecule has 0 aliphatic heterocycles. The van der Waals surface area contributed by atoms with Crippen LogP contribution in [0.5, 0.6) is 0 Å². The number of hydrogen-bond donors (Lipinski definition) is 0. The van der Waals surface area contributed by atoms with Gasteiger partial charge in [0.1, 0.15) is 12.1 Å². The molecule has 4 aromatic rings. The molecule has 3 nitrogen and oxygen atoms in total. The van der Waals surface area contributed by atoms with Gasteiger partial charge in [-0.05, 0) is 48.7 Å². The maximum absolute atomic E-state index is 4.50. The van der Waals surface area contributed by atoms with Crippen molar-refractivity contribution in [2.24, 2.45) is 0 Å². The summed E-state index contributed by atoms with van der Waals surface area (Å²) in [5.74, 6) is 0.918. The normalized spacial score (nSPS) is 10.8. The molecule has 0 bridgehead atoms. The summed E-state index contributed by atoms with van der Waals surface area (Å²) < 4.78 is 0. The molecule has 0 N–H and O–H groups in total. The number of nitrogens with zero attached hydrogens (tertiary/aromatic N) is 3. The second kappa shape index (κ2) is 6.96. The van der Waals surface area contributed by atoms with Gasteiger partial charge in [-0.3, -0.25) is 0 Å². The largest absolute Gasteiger partial charge is 0.329 e. The molecule has 0 spiro atoms. The van der Waals surface area contributed by atoms with Crippen LogP contribution in [-0.2, 0) is 6.42 Å². The second-order valence-electron chi connectivity index (χ2n) is 6.60. The van der Waals surface area contributed by atoms with Gasteiger partial charge in [0.05, 0.1) is 5.52 Å². The second-order valence-corrected chi connectivity index (χ2v) is 6.60. The molecule has 0 atom stereocenters. The van der Waals surface area contributed by atoms with Crippen LogP contribution in [-0.4, -0.2) is 17.0 Å². The summed E-state index contributed by atoms with van der Waals surface area (Å²) in [5, 5.41) is 1.06. The number of benzene rings is 3. The van der Waals surface area contributed by atoms with Gasteiger partial charge in [-0.2, -0.15) is 0 Å². The van der Waals surface area contributed by atoms with Crippen LogP contribution in [0, 0.1) is 6.92 Å². The summed E-state index contributed by atoms with van der Waals surface area (Å²) >= 11 is 0. The van der Waals surface area contributed by atoms with E-state index in [1.54, 1.807) is 6.33 Å². The van der Waals surface area contributed by atoms with Crippen molar-refractivity contribution in [2.45, 2.75) is 13.3 Å². The highest BCUT2D eigenvalue weighted by Crippen LogP contribution is 2.28. The number of fused-ring (bicyclic) bond motifs is 1. The molecule has 0 aliphatic carbocycles. The van der Waals surface area contributed by atoms with Crippen LogP contribution in [0.4, 0.5) is 11.5 Å². The predicted molar refractivity (Wildman–Crippen MR) is 108 cm³/mol. The zero-order valence-electron chi connectivity index (χ0n) is 15.1. The highest BCUT2D eigenvalue weighted by atomic mass is 15.2. The first-order chi connectivity index (χ1) is 12.7. The molecule has 1 aromatic heterocycles. The van der Waals surface area contributed by atoms with Crippen LogP contribution >= 0.6 is 0 Å². The minimum absolute atomic E-state index is 0.918. The SMILES string of the molecule is Cc1ccc(Cc2ccc(N(C)c3ncnc4ccccc34)cc2)cc1. The molecule has 128 valence electrons. The van der Waals surface area contributed by atoms with Crippen molar-refractivity contribution in [2.75, 3.05) is 11.9 Å². The average molecular weight is 339 g/mol. The zero-order chi connectivity index (χ0) is 17.9. The number of rotatable bonds is 4. The van der Waals surface area contributed by atoms with Crippen LogP contribution in [0.2, 0.25) is 0 Å². The molecule has 0 amide bonds. The molecule has 0 saturated heterocycles. The van der Waals surface area contributed by atoms with E-state index in [1.165, 1.54) is 16.7 Å². The lowest BCUT2D eigenvalue weighted by Gasteiger charge is -2.20. The molecule has 0 radical (unpaired) electrons. The fraction of sp³-hybridized carbons (Fsp3) is 0.130. The molecule has 0 unspecified atom stereocenters. The summed E-state index contributed by atoms with van der Waals surface area (Å²) in [4.78, 5) is 11.0. The van der Waals surface area contributed by atoms with Gasteiger partial charge in [0, 0.05) is 18.1 Å². The standard InChI is InChI=1S/C23H21N3/c1-17-7-9-18(10-8-17)15-19-11-13-20(14-12-19)26(2)23-21-5-3-4-6-22(21)24-16-25-23/h3-14,16H,15H2,1-2H3. The molecular weight excluding hydrogens is 318 g/mol. The van der Waals surface area contributed by atoms with Crippen LogP contribution < -0.4 is 4.90 Å². The van der Waals surface area contributed by atoms with E-state index in [1.807, 2.05) is 25.2 Å². The maximum Gasteiger partial charge on any atom is 0.144 e. The topological polar surface area (TPSA) is 29.0 Å². The van der Waals surface area contributed by atoms with Gasteiger partial charge in [-0.1, -0.05) is 54.1 Å².